The van der Waals surface area contributed by atoms with Crippen LogP contribution in [0.1, 0.15) is 11.1 Å². The van der Waals surface area contributed by atoms with Gasteiger partial charge >= 0.3 is 0 Å². The maximum atomic E-state index is 12.4. The third kappa shape index (κ3) is 4.70. The normalized spacial score (nSPS) is 15.4. The van der Waals surface area contributed by atoms with Crippen molar-refractivity contribution >= 4 is 70.0 Å². The lowest BCUT2D eigenvalue weighted by Gasteiger charge is -2.25. The molecule has 6 nitrogen and oxygen atoms in total. The first-order valence-corrected chi connectivity index (χ1v) is 10.0. The minimum absolute atomic E-state index is 0.0439. The van der Waals surface area contributed by atoms with Gasteiger partial charge in [-0.25, -0.2) is 0 Å². The molecule has 0 radical (unpaired) electrons. The molecular weight excluding hydrogens is 471 g/mol. The van der Waals surface area contributed by atoms with Gasteiger partial charge in [-0.3, -0.25) is 19.8 Å². The Hall–Kier alpha value is -2.32. The smallest absolute Gasteiger partial charge is 0.265 e. The van der Waals surface area contributed by atoms with E-state index in [0.717, 1.165) is 0 Å². The van der Waals surface area contributed by atoms with Gasteiger partial charge in [-0.15, -0.1) is 0 Å². The lowest BCUT2D eigenvalue weighted by molar-refractivity contribution is -0.128. The summed E-state index contributed by atoms with van der Waals surface area (Å²) in [5.41, 5.74) is 1.12. The summed E-state index contributed by atoms with van der Waals surface area (Å²) in [7, 11) is 2.93. The number of carbonyl (C=O) groups is 2. The number of rotatable bonds is 5. The molecule has 1 heterocycles. The Labute approximate surface area is 193 Å². The van der Waals surface area contributed by atoms with E-state index in [4.69, 9.17) is 56.5 Å². The molecule has 0 saturated carbocycles. The van der Waals surface area contributed by atoms with E-state index < -0.39 is 11.8 Å². The summed E-state index contributed by atoms with van der Waals surface area (Å²) in [5.74, 6) is -0.482. The van der Waals surface area contributed by atoms with Crippen LogP contribution in [0.2, 0.25) is 15.1 Å². The molecule has 0 bridgehead atoms. The molecule has 0 unspecified atom stereocenters. The Morgan fingerprint density at radius 2 is 1.87 bits per heavy atom. The van der Waals surface area contributed by atoms with Gasteiger partial charge in [0.2, 0.25) is 0 Å². The number of amides is 2. The average molecular weight is 486 g/mol. The van der Waals surface area contributed by atoms with Crippen molar-refractivity contribution in [2.45, 2.75) is 6.61 Å². The molecule has 1 N–H and O–H groups in total. The quantitative estimate of drug-likeness (QED) is 0.384. The highest BCUT2D eigenvalue weighted by molar-refractivity contribution is 7.80. The number of benzene rings is 2. The SMILES string of the molecule is COc1cc(C=C2C(=O)NC(=S)N(C)C2=O)cc(Cl)c1OCc1ccc(Cl)cc1Cl. The van der Waals surface area contributed by atoms with Crippen LogP contribution in [0.3, 0.4) is 0 Å². The fourth-order valence-electron chi connectivity index (χ4n) is 2.66. The minimum atomic E-state index is -0.587. The van der Waals surface area contributed by atoms with Crippen molar-refractivity contribution in [2.24, 2.45) is 0 Å². The molecule has 1 aliphatic heterocycles. The molecule has 2 aromatic carbocycles. The maximum Gasteiger partial charge on any atom is 0.265 e. The zero-order valence-electron chi connectivity index (χ0n) is 15.8. The third-order valence-corrected chi connectivity index (χ3v) is 5.50. The predicted octanol–water partition coefficient (Wildman–Crippen LogP) is 4.49. The molecule has 0 spiro atoms. The Bertz CT molecular complexity index is 1090. The summed E-state index contributed by atoms with van der Waals surface area (Å²) in [6.07, 6.45) is 1.41. The van der Waals surface area contributed by atoms with Gasteiger partial charge in [0.05, 0.1) is 12.1 Å². The van der Waals surface area contributed by atoms with Gasteiger partial charge in [-0.05, 0) is 48.1 Å². The van der Waals surface area contributed by atoms with Gasteiger partial charge in [-0.2, -0.15) is 0 Å². The van der Waals surface area contributed by atoms with Gasteiger partial charge in [0.25, 0.3) is 11.8 Å². The Kier molecular flexibility index (Phi) is 6.88. The first-order chi connectivity index (χ1) is 14.2. The predicted molar refractivity (Wildman–Crippen MR) is 120 cm³/mol. The largest absolute Gasteiger partial charge is 0.493 e. The number of carbonyl (C=O) groups excluding carboxylic acids is 2. The molecular formula is C20H15Cl3N2O4S. The van der Waals surface area contributed by atoms with E-state index >= 15 is 0 Å². The summed E-state index contributed by atoms with van der Waals surface area (Å²) in [5, 5.41) is 3.71. The van der Waals surface area contributed by atoms with Crippen LogP contribution in [0.4, 0.5) is 0 Å². The number of nitrogens with zero attached hydrogens (tertiary/aromatic N) is 1. The summed E-state index contributed by atoms with van der Waals surface area (Å²) >= 11 is 23.4. The van der Waals surface area contributed by atoms with E-state index in [1.165, 1.54) is 25.1 Å². The van der Waals surface area contributed by atoms with E-state index in [1.54, 1.807) is 30.3 Å². The van der Waals surface area contributed by atoms with Crippen LogP contribution in [-0.2, 0) is 16.2 Å². The van der Waals surface area contributed by atoms with Gasteiger partial charge in [0.15, 0.2) is 16.6 Å². The molecule has 0 aromatic heterocycles. The van der Waals surface area contributed by atoms with Crippen LogP contribution < -0.4 is 14.8 Å². The average Bonchev–Trinajstić information content (AvgIpc) is 2.69. The Morgan fingerprint density at radius 1 is 1.13 bits per heavy atom. The number of methoxy groups -OCH3 is 1. The topological polar surface area (TPSA) is 67.9 Å². The second kappa shape index (κ2) is 9.22. The van der Waals surface area contributed by atoms with Crippen molar-refractivity contribution in [2.75, 3.05) is 14.2 Å². The molecule has 0 aliphatic carbocycles. The van der Waals surface area contributed by atoms with Crippen molar-refractivity contribution in [1.29, 1.82) is 0 Å². The Morgan fingerprint density at radius 3 is 2.53 bits per heavy atom. The van der Waals surface area contributed by atoms with Crippen LogP contribution in [-0.4, -0.2) is 36.0 Å². The first kappa shape index (κ1) is 22.4. The summed E-state index contributed by atoms with van der Waals surface area (Å²) in [6.45, 7) is 0.135. The zero-order valence-corrected chi connectivity index (χ0v) is 18.9. The second-order valence-electron chi connectivity index (χ2n) is 6.24. The van der Waals surface area contributed by atoms with Crippen LogP contribution in [0.5, 0.6) is 11.5 Å². The molecule has 2 aromatic rings. The number of ether oxygens (including phenoxy) is 2. The van der Waals surface area contributed by atoms with E-state index in [-0.39, 0.29) is 22.3 Å². The lowest BCUT2D eigenvalue weighted by atomic mass is 10.1. The molecule has 2 amide bonds. The monoisotopic (exact) mass is 484 g/mol. The number of likely N-dealkylation sites (N-methyl/N-ethyl adjacent to an activating group) is 1. The number of thiocarbonyl (C=S) groups is 1. The van der Waals surface area contributed by atoms with E-state index in [0.29, 0.717) is 32.7 Å². The van der Waals surface area contributed by atoms with Gasteiger partial charge in [0, 0.05) is 22.7 Å². The van der Waals surface area contributed by atoms with Crippen molar-refractivity contribution < 1.29 is 19.1 Å². The fraction of sp³-hybridized carbons (Fsp3) is 0.150. The Balaban J connectivity index is 1.89. The summed E-state index contributed by atoms with van der Waals surface area (Å²) in [4.78, 5) is 25.7. The van der Waals surface area contributed by atoms with Gasteiger partial charge in [-0.1, -0.05) is 40.9 Å². The van der Waals surface area contributed by atoms with Crippen LogP contribution in [0, 0.1) is 0 Å². The van der Waals surface area contributed by atoms with Crippen molar-refractivity contribution in [3.63, 3.8) is 0 Å². The molecule has 1 fully saturated rings. The highest BCUT2D eigenvalue weighted by Gasteiger charge is 2.30. The highest BCUT2D eigenvalue weighted by Crippen LogP contribution is 2.38. The van der Waals surface area contributed by atoms with Crippen molar-refractivity contribution in [1.82, 2.24) is 10.2 Å². The highest BCUT2D eigenvalue weighted by atomic mass is 35.5. The molecule has 0 atom stereocenters. The third-order valence-electron chi connectivity index (χ3n) is 4.25. The van der Waals surface area contributed by atoms with Gasteiger partial charge < -0.3 is 9.47 Å². The summed E-state index contributed by atoms with van der Waals surface area (Å²) < 4.78 is 11.2. The molecule has 10 heteroatoms. The number of hydrogen-bond acceptors (Lipinski definition) is 5. The maximum absolute atomic E-state index is 12.4. The molecule has 30 heavy (non-hydrogen) atoms. The van der Waals surface area contributed by atoms with Crippen LogP contribution in [0.15, 0.2) is 35.9 Å². The lowest BCUT2D eigenvalue weighted by Crippen LogP contribution is -2.52. The fourth-order valence-corrected chi connectivity index (χ4v) is 3.58. The van der Waals surface area contributed by atoms with E-state index in [1.807, 2.05) is 0 Å². The number of nitrogens with one attached hydrogen (secondary N) is 1. The molecule has 3 rings (SSSR count). The molecule has 1 aliphatic rings. The summed E-state index contributed by atoms with van der Waals surface area (Å²) in [6, 6.07) is 8.23. The van der Waals surface area contributed by atoms with E-state index in [9.17, 15) is 9.59 Å². The minimum Gasteiger partial charge on any atom is -0.493 e. The molecule has 1 saturated heterocycles. The van der Waals surface area contributed by atoms with Crippen LogP contribution >= 0.6 is 47.0 Å². The number of hydrogen-bond donors (Lipinski definition) is 1. The van der Waals surface area contributed by atoms with Crippen LogP contribution in [0.25, 0.3) is 6.08 Å². The molecule has 156 valence electrons. The second-order valence-corrected chi connectivity index (χ2v) is 7.88. The first-order valence-electron chi connectivity index (χ1n) is 8.50. The zero-order chi connectivity index (χ0) is 22.0. The van der Waals surface area contributed by atoms with Gasteiger partial charge in [0.1, 0.15) is 12.2 Å². The number of halogens is 3. The van der Waals surface area contributed by atoms with E-state index in [2.05, 4.69) is 5.32 Å². The standard InChI is InChI=1S/C20H15Cl3N2O4S/c1-25-19(27)13(18(26)24-20(25)30)5-10-6-15(23)17(16(7-10)28-2)29-9-11-3-4-12(21)8-14(11)22/h3-8H,9H2,1-2H3,(H,24,26,30). The van der Waals surface area contributed by atoms with Crippen molar-refractivity contribution in [3.05, 3.63) is 62.1 Å². The van der Waals surface area contributed by atoms with Crippen molar-refractivity contribution in [3.8, 4) is 11.5 Å².